The van der Waals surface area contributed by atoms with E-state index in [1.165, 1.54) is 0 Å². The largest absolute Gasteiger partial charge is 0.355 e. The molecule has 2 amide bonds. The van der Waals surface area contributed by atoms with Gasteiger partial charge in [0.15, 0.2) is 0 Å². The van der Waals surface area contributed by atoms with Crippen LogP contribution >= 0.6 is 22.6 Å². The standard InChI is InChI=1S/C13H15IN2O2/c1-8-2-4-10(14)6-11(8)16-13(18)9-3-5-12(17)15-7-9/h2,4,6,9H,3,5,7H2,1H3,(H,15,17)(H,16,18). The smallest absolute Gasteiger partial charge is 0.229 e. The van der Waals surface area contributed by atoms with Gasteiger partial charge in [-0.25, -0.2) is 0 Å². The first-order valence-electron chi connectivity index (χ1n) is 5.90. The highest BCUT2D eigenvalue weighted by atomic mass is 127. The quantitative estimate of drug-likeness (QED) is 0.796. The summed E-state index contributed by atoms with van der Waals surface area (Å²) in [6, 6.07) is 5.95. The van der Waals surface area contributed by atoms with E-state index in [4.69, 9.17) is 0 Å². The lowest BCUT2D eigenvalue weighted by Crippen LogP contribution is -2.40. The lowest BCUT2D eigenvalue weighted by Gasteiger charge is -2.22. The predicted octanol–water partition coefficient (Wildman–Crippen LogP) is 2.06. The number of amides is 2. The molecule has 1 aromatic rings. The molecule has 0 spiro atoms. The van der Waals surface area contributed by atoms with Crippen molar-refractivity contribution in [2.75, 3.05) is 11.9 Å². The summed E-state index contributed by atoms with van der Waals surface area (Å²) in [5, 5.41) is 5.66. The minimum absolute atomic E-state index is 0.0138. The van der Waals surface area contributed by atoms with Gasteiger partial charge in [0.05, 0.1) is 5.92 Å². The highest BCUT2D eigenvalue weighted by Gasteiger charge is 2.24. The maximum absolute atomic E-state index is 12.1. The Morgan fingerprint density at radius 2 is 2.28 bits per heavy atom. The molecule has 0 aliphatic carbocycles. The topological polar surface area (TPSA) is 58.2 Å². The van der Waals surface area contributed by atoms with Gasteiger partial charge in [-0.15, -0.1) is 0 Å². The number of nitrogens with one attached hydrogen (secondary N) is 2. The van der Waals surface area contributed by atoms with Gasteiger partial charge in [-0.3, -0.25) is 9.59 Å². The van der Waals surface area contributed by atoms with Crippen LogP contribution in [0.4, 0.5) is 5.69 Å². The zero-order chi connectivity index (χ0) is 13.1. The first-order valence-corrected chi connectivity index (χ1v) is 6.98. The third-order valence-corrected chi connectivity index (χ3v) is 3.76. The maximum Gasteiger partial charge on any atom is 0.229 e. The fraction of sp³-hybridized carbons (Fsp3) is 0.385. The number of halogens is 1. The van der Waals surface area contributed by atoms with Gasteiger partial charge in [0, 0.05) is 22.2 Å². The van der Waals surface area contributed by atoms with Crippen molar-refractivity contribution in [3.63, 3.8) is 0 Å². The van der Waals surface area contributed by atoms with Gasteiger partial charge in [-0.1, -0.05) is 6.07 Å². The van der Waals surface area contributed by atoms with Crippen LogP contribution in [0, 0.1) is 16.4 Å². The summed E-state index contributed by atoms with van der Waals surface area (Å²) in [4.78, 5) is 23.1. The number of anilines is 1. The molecule has 1 unspecified atom stereocenters. The summed E-state index contributed by atoms with van der Waals surface area (Å²) >= 11 is 2.22. The van der Waals surface area contributed by atoms with Crippen LogP contribution in [0.2, 0.25) is 0 Å². The Balaban J connectivity index is 2.02. The molecule has 1 atom stereocenters. The van der Waals surface area contributed by atoms with Crippen molar-refractivity contribution in [1.29, 1.82) is 0 Å². The van der Waals surface area contributed by atoms with Crippen LogP contribution in [0.3, 0.4) is 0 Å². The van der Waals surface area contributed by atoms with Crippen molar-refractivity contribution < 1.29 is 9.59 Å². The molecule has 1 aliphatic heterocycles. The first kappa shape index (κ1) is 13.3. The Bertz CT molecular complexity index is 478. The van der Waals surface area contributed by atoms with Crippen LogP contribution in [-0.2, 0) is 9.59 Å². The second kappa shape index (κ2) is 5.69. The highest BCUT2D eigenvalue weighted by molar-refractivity contribution is 14.1. The number of aryl methyl sites for hydroxylation is 1. The molecule has 1 fully saturated rings. The number of carbonyl (C=O) groups is 2. The predicted molar refractivity (Wildman–Crippen MR) is 78.3 cm³/mol. The molecule has 1 aliphatic rings. The first-order chi connectivity index (χ1) is 8.56. The number of benzene rings is 1. The summed E-state index contributed by atoms with van der Waals surface area (Å²) in [6.07, 6.45) is 1.06. The Morgan fingerprint density at radius 3 is 2.94 bits per heavy atom. The normalized spacial score (nSPS) is 19.2. The van der Waals surface area contributed by atoms with Crippen molar-refractivity contribution in [2.45, 2.75) is 19.8 Å². The average Bonchev–Trinajstić information content (AvgIpc) is 2.34. The van der Waals surface area contributed by atoms with Crippen LogP contribution < -0.4 is 10.6 Å². The van der Waals surface area contributed by atoms with Crippen LogP contribution in [0.5, 0.6) is 0 Å². The number of rotatable bonds is 2. The van der Waals surface area contributed by atoms with Gasteiger partial charge in [0.25, 0.3) is 0 Å². The van der Waals surface area contributed by atoms with Gasteiger partial charge in [-0.05, 0) is 53.6 Å². The Kier molecular flexibility index (Phi) is 4.21. The van der Waals surface area contributed by atoms with Crippen LogP contribution in [0.25, 0.3) is 0 Å². The summed E-state index contributed by atoms with van der Waals surface area (Å²) in [5.41, 5.74) is 1.90. The average molecular weight is 358 g/mol. The summed E-state index contributed by atoms with van der Waals surface area (Å²) in [6.45, 7) is 2.40. The van der Waals surface area contributed by atoms with E-state index in [2.05, 4.69) is 33.2 Å². The monoisotopic (exact) mass is 358 g/mol. The molecule has 2 N–H and O–H groups in total. The van der Waals surface area contributed by atoms with Gasteiger partial charge in [0.1, 0.15) is 0 Å². The van der Waals surface area contributed by atoms with Gasteiger partial charge >= 0.3 is 0 Å². The Labute approximate surface area is 120 Å². The second-order valence-electron chi connectivity index (χ2n) is 4.49. The highest BCUT2D eigenvalue weighted by Crippen LogP contribution is 2.20. The van der Waals surface area contributed by atoms with E-state index in [1.807, 2.05) is 25.1 Å². The molecule has 4 nitrogen and oxygen atoms in total. The summed E-state index contributed by atoms with van der Waals surface area (Å²) < 4.78 is 1.09. The number of carbonyl (C=O) groups excluding carboxylic acids is 2. The van der Waals surface area contributed by atoms with Gasteiger partial charge in [0.2, 0.25) is 11.8 Å². The lowest BCUT2D eigenvalue weighted by molar-refractivity contribution is -0.126. The fourth-order valence-electron chi connectivity index (χ4n) is 1.92. The van der Waals surface area contributed by atoms with E-state index in [1.54, 1.807) is 0 Å². The van der Waals surface area contributed by atoms with Crippen LogP contribution in [0.1, 0.15) is 18.4 Å². The van der Waals surface area contributed by atoms with Gasteiger partial charge < -0.3 is 10.6 Å². The van der Waals surface area contributed by atoms with E-state index in [0.717, 1.165) is 14.8 Å². The Morgan fingerprint density at radius 1 is 1.50 bits per heavy atom. The third-order valence-electron chi connectivity index (χ3n) is 3.09. The molecule has 1 heterocycles. The zero-order valence-electron chi connectivity index (χ0n) is 10.1. The van der Waals surface area contributed by atoms with Gasteiger partial charge in [-0.2, -0.15) is 0 Å². The van der Waals surface area contributed by atoms with E-state index in [-0.39, 0.29) is 17.7 Å². The van der Waals surface area contributed by atoms with Crippen molar-refractivity contribution in [3.05, 3.63) is 27.3 Å². The van der Waals surface area contributed by atoms with Crippen molar-refractivity contribution >= 4 is 40.1 Å². The Hall–Kier alpha value is -1.11. The molecular formula is C13H15IN2O2. The number of piperidine rings is 1. The van der Waals surface area contributed by atoms with E-state index in [9.17, 15) is 9.59 Å². The molecule has 1 aromatic carbocycles. The van der Waals surface area contributed by atoms with E-state index < -0.39 is 0 Å². The number of hydrogen-bond acceptors (Lipinski definition) is 2. The SMILES string of the molecule is Cc1ccc(I)cc1NC(=O)C1CCC(=O)NC1. The van der Waals surface area contributed by atoms with Crippen molar-refractivity contribution in [2.24, 2.45) is 5.92 Å². The second-order valence-corrected chi connectivity index (χ2v) is 5.73. The molecule has 18 heavy (non-hydrogen) atoms. The maximum atomic E-state index is 12.1. The third kappa shape index (κ3) is 3.22. The molecule has 0 saturated carbocycles. The molecule has 0 radical (unpaired) electrons. The lowest BCUT2D eigenvalue weighted by atomic mass is 9.98. The van der Waals surface area contributed by atoms with E-state index >= 15 is 0 Å². The molecule has 5 heteroatoms. The fourth-order valence-corrected chi connectivity index (χ4v) is 2.41. The molecule has 1 saturated heterocycles. The molecule has 0 aromatic heterocycles. The van der Waals surface area contributed by atoms with E-state index in [0.29, 0.717) is 19.4 Å². The van der Waals surface area contributed by atoms with Crippen molar-refractivity contribution in [1.82, 2.24) is 5.32 Å². The van der Waals surface area contributed by atoms with Crippen LogP contribution in [0.15, 0.2) is 18.2 Å². The molecule has 2 rings (SSSR count). The summed E-state index contributed by atoms with van der Waals surface area (Å²) in [7, 11) is 0. The minimum atomic E-state index is -0.125. The molecule has 96 valence electrons. The van der Waals surface area contributed by atoms with Crippen molar-refractivity contribution in [3.8, 4) is 0 Å². The summed E-state index contributed by atoms with van der Waals surface area (Å²) in [5.74, 6) is -0.107. The minimum Gasteiger partial charge on any atom is -0.355 e. The zero-order valence-corrected chi connectivity index (χ0v) is 12.3. The molecular weight excluding hydrogens is 343 g/mol. The number of hydrogen-bond donors (Lipinski definition) is 2. The van der Waals surface area contributed by atoms with Crippen LogP contribution in [-0.4, -0.2) is 18.4 Å². The molecule has 0 bridgehead atoms.